The second kappa shape index (κ2) is 10.2. The first-order chi connectivity index (χ1) is 15.9. The van der Waals surface area contributed by atoms with E-state index in [-0.39, 0.29) is 5.91 Å². The summed E-state index contributed by atoms with van der Waals surface area (Å²) in [6, 6.07) is 14.5. The van der Waals surface area contributed by atoms with Crippen LogP contribution >= 0.6 is 47.2 Å². The molecule has 1 fully saturated rings. The van der Waals surface area contributed by atoms with Gasteiger partial charge in [-0.2, -0.15) is 0 Å². The summed E-state index contributed by atoms with van der Waals surface area (Å²) in [5, 5.41) is 0.981. The summed E-state index contributed by atoms with van der Waals surface area (Å²) in [5.41, 5.74) is 1.63. The predicted octanol–water partition coefficient (Wildman–Crippen LogP) is 6.71. The Morgan fingerprint density at radius 3 is 2.48 bits per heavy atom. The molecule has 170 valence electrons. The Kier molecular flexibility index (Phi) is 7.34. The zero-order chi connectivity index (χ0) is 23.5. The number of ether oxygens (including phenoxy) is 2. The van der Waals surface area contributed by atoms with E-state index >= 15 is 0 Å². The number of carbonyl (C=O) groups excluding carboxylic acids is 1. The van der Waals surface area contributed by atoms with Crippen molar-refractivity contribution in [3.8, 4) is 22.8 Å². The number of hydrogen-bond acceptors (Lipinski definition) is 6. The molecule has 1 aliphatic rings. The van der Waals surface area contributed by atoms with E-state index in [0.717, 1.165) is 5.56 Å². The second-order valence-electron chi connectivity index (χ2n) is 7.07. The van der Waals surface area contributed by atoms with E-state index in [1.54, 1.807) is 55.5 Å². The Balaban J connectivity index is 1.48. The minimum Gasteiger partial charge on any atom is -0.493 e. The maximum atomic E-state index is 13.0. The summed E-state index contributed by atoms with van der Waals surface area (Å²) >= 11 is 19.2. The van der Waals surface area contributed by atoms with Gasteiger partial charge in [0.25, 0.3) is 5.91 Å². The summed E-state index contributed by atoms with van der Waals surface area (Å²) in [7, 11) is 3.18. The maximum absolute atomic E-state index is 13.0. The van der Waals surface area contributed by atoms with E-state index in [4.69, 9.17) is 49.3 Å². The Hall–Kier alpha value is -2.45. The Bertz CT molecular complexity index is 1230. The highest BCUT2D eigenvalue weighted by molar-refractivity contribution is 8.26. The van der Waals surface area contributed by atoms with Gasteiger partial charge in [0.2, 0.25) is 0 Å². The first-order valence-corrected chi connectivity index (χ1v) is 11.9. The Morgan fingerprint density at radius 2 is 1.79 bits per heavy atom. The molecule has 0 bridgehead atoms. The van der Waals surface area contributed by atoms with Gasteiger partial charge in [0, 0.05) is 12.6 Å². The lowest BCUT2D eigenvalue weighted by molar-refractivity contribution is -0.122. The van der Waals surface area contributed by atoms with Crippen LogP contribution in [0.25, 0.3) is 17.4 Å². The molecular weight excluding hydrogens is 501 g/mol. The van der Waals surface area contributed by atoms with Gasteiger partial charge in [-0.1, -0.05) is 59.3 Å². The summed E-state index contributed by atoms with van der Waals surface area (Å²) in [5.74, 6) is 2.19. The minimum atomic E-state index is -0.154. The van der Waals surface area contributed by atoms with E-state index in [9.17, 15) is 4.79 Å². The number of nitrogens with zero attached hydrogens (tertiary/aromatic N) is 1. The lowest BCUT2D eigenvalue weighted by Gasteiger charge is -2.15. The van der Waals surface area contributed by atoms with Crippen LogP contribution in [0.2, 0.25) is 10.0 Å². The molecule has 0 radical (unpaired) electrons. The van der Waals surface area contributed by atoms with E-state index in [0.29, 0.717) is 60.8 Å². The number of benzene rings is 2. The molecule has 0 N–H and O–H groups in total. The van der Waals surface area contributed by atoms with Crippen molar-refractivity contribution < 1.29 is 18.7 Å². The smallest absolute Gasteiger partial charge is 0.266 e. The molecule has 1 aliphatic heterocycles. The zero-order valence-corrected chi connectivity index (χ0v) is 20.9. The third-order valence-electron chi connectivity index (χ3n) is 5.05. The van der Waals surface area contributed by atoms with Crippen molar-refractivity contribution in [3.05, 3.63) is 74.8 Å². The fraction of sp³-hybridized carbons (Fsp3) is 0.167. The van der Waals surface area contributed by atoms with Crippen LogP contribution < -0.4 is 9.47 Å². The molecule has 0 atom stereocenters. The Morgan fingerprint density at radius 1 is 1.06 bits per heavy atom. The van der Waals surface area contributed by atoms with Gasteiger partial charge in [-0.3, -0.25) is 9.69 Å². The van der Waals surface area contributed by atoms with E-state index < -0.39 is 0 Å². The fourth-order valence-corrected chi connectivity index (χ4v) is 5.27. The highest BCUT2D eigenvalue weighted by Gasteiger charge is 2.32. The number of amides is 1. The normalized spacial score (nSPS) is 14.9. The van der Waals surface area contributed by atoms with Crippen molar-refractivity contribution >= 4 is 63.5 Å². The van der Waals surface area contributed by atoms with Crippen LogP contribution in [0.5, 0.6) is 11.5 Å². The molecule has 1 amide bonds. The molecule has 33 heavy (non-hydrogen) atoms. The standard InChI is InChI=1S/C24H19Cl2NO4S2/c1-29-18-8-6-14(12-20(18)30-2)10-11-27-23(28)21(33-24(27)32)13-15-7-9-19(31-15)22-16(25)4-3-5-17(22)26/h3-9,12-13H,10-11H2,1-2H3. The van der Waals surface area contributed by atoms with Crippen LogP contribution in [0.4, 0.5) is 0 Å². The molecule has 2 heterocycles. The van der Waals surface area contributed by atoms with Crippen LogP contribution in [0.1, 0.15) is 11.3 Å². The van der Waals surface area contributed by atoms with Gasteiger partial charge in [0.15, 0.2) is 11.5 Å². The van der Waals surface area contributed by atoms with Crippen LogP contribution in [-0.2, 0) is 11.2 Å². The van der Waals surface area contributed by atoms with Crippen LogP contribution in [-0.4, -0.2) is 35.9 Å². The third kappa shape index (κ3) is 5.06. The van der Waals surface area contributed by atoms with Crippen molar-refractivity contribution in [2.24, 2.45) is 0 Å². The molecule has 0 unspecified atom stereocenters. The van der Waals surface area contributed by atoms with Crippen molar-refractivity contribution in [2.45, 2.75) is 6.42 Å². The molecule has 5 nitrogen and oxygen atoms in total. The van der Waals surface area contributed by atoms with Crippen LogP contribution in [0.3, 0.4) is 0 Å². The summed E-state index contributed by atoms with van der Waals surface area (Å²) in [6.45, 7) is 0.454. The highest BCUT2D eigenvalue weighted by atomic mass is 35.5. The van der Waals surface area contributed by atoms with Crippen molar-refractivity contribution in [2.75, 3.05) is 20.8 Å². The lowest BCUT2D eigenvalue weighted by Crippen LogP contribution is -2.30. The topological polar surface area (TPSA) is 51.9 Å². The average molecular weight is 520 g/mol. The van der Waals surface area contributed by atoms with Crippen molar-refractivity contribution in [3.63, 3.8) is 0 Å². The van der Waals surface area contributed by atoms with Gasteiger partial charge in [-0.25, -0.2) is 0 Å². The number of thiocarbonyl (C=S) groups is 1. The molecule has 9 heteroatoms. The molecule has 2 aromatic carbocycles. The number of furan rings is 1. The highest BCUT2D eigenvalue weighted by Crippen LogP contribution is 2.37. The molecular formula is C24H19Cl2NO4S2. The Labute approximate surface area is 211 Å². The van der Waals surface area contributed by atoms with Gasteiger partial charge in [0.05, 0.1) is 34.7 Å². The number of methoxy groups -OCH3 is 2. The maximum Gasteiger partial charge on any atom is 0.266 e. The minimum absolute atomic E-state index is 0.154. The SMILES string of the molecule is COc1ccc(CCN2C(=O)C(=Cc3ccc(-c4c(Cl)cccc4Cl)o3)SC2=S)cc1OC. The predicted molar refractivity (Wildman–Crippen MR) is 137 cm³/mol. The number of hydrogen-bond donors (Lipinski definition) is 0. The van der Waals surface area contributed by atoms with Crippen LogP contribution in [0.15, 0.2) is 57.9 Å². The van der Waals surface area contributed by atoms with Crippen molar-refractivity contribution in [1.29, 1.82) is 0 Å². The quantitative estimate of drug-likeness (QED) is 0.255. The summed E-state index contributed by atoms with van der Waals surface area (Å²) in [6.07, 6.45) is 2.31. The van der Waals surface area contributed by atoms with E-state index in [1.807, 2.05) is 18.2 Å². The van der Waals surface area contributed by atoms with Gasteiger partial charge in [-0.05, 0) is 48.4 Å². The number of thioether (sulfide) groups is 1. The molecule has 3 aromatic rings. The molecule has 1 aromatic heterocycles. The third-order valence-corrected chi connectivity index (χ3v) is 7.06. The van der Waals surface area contributed by atoms with Gasteiger partial charge >= 0.3 is 0 Å². The van der Waals surface area contributed by atoms with E-state index in [2.05, 4.69) is 0 Å². The number of carbonyl (C=O) groups is 1. The zero-order valence-electron chi connectivity index (χ0n) is 17.8. The van der Waals surface area contributed by atoms with Crippen molar-refractivity contribution in [1.82, 2.24) is 4.90 Å². The fourth-order valence-electron chi connectivity index (χ4n) is 3.40. The summed E-state index contributed by atoms with van der Waals surface area (Å²) in [4.78, 5) is 15.1. The molecule has 0 spiro atoms. The average Bonchev–Trinajstić information content (AvgIpc) is 3.36. The number of rotatable bonds is 7. The molecule has 1 saturated heterocycles. The van der Waals surface area contributed by atoms with Gasteiger partial charge in [0.1, 0.15) is 15.8 Å². The first-order valence-electron chi connectivity index (χ1n) is 9.91. The molecule has 0 saturated carbocycles. The summed E-state index contributed by atoms with van der Waals surface area (Å²) < 4.78 is 17.0. The van der Waals surface area contributed by atoms with Crippen LogP contribution in [0, 0.1) is 0 Å². The molecule has 4 rings (SSSR count). The second-order valence-corrected chi connectivity index (χ2v) is 9.56. The molecule has 0 aliphatic carbocycles. The first kappa shape index (κ1) is 23.7. The van der Waals surface area contributed by atoms with Gasteiger partial charge < -0.3 is 13.9 Å². The lowest BCUT2D eigenvalue weighted by atomic mass is 10.1. The van der Waals surface area contributed by atoms with E-state index in [1.165, 1.54) is 11.8 Å². The monoisotopic (exact) mass is 519 g/mol. The number of halogens is 2. The largest absolute Gasteiger partial charge is 0.493 e. The van der Waals surface area contributed by atoms with Gasteiger partial charge in [-0.15, -0.1) is 0 Å².